The van der Waals surface area contributed by atoms with Gasteiger partial charge >= 0.3 is 0 Å². The summed E-state index contributed by atoms with van der Waals surface area (Å²) in [4.78, 5) is 4.66. The first-order valence-electron chi connectivity index (χ1n) is 5.81. The van der Waals surface area contributed by atoms with Gasteiger partial charge in [-0.2, -0.15) is 0 Å². The van der Waals surface area contributed by atoms with Gasteiger partial charge < -0.3 is 9.64 Å². The van der Waals surface area contributed by atoms with E-state index in [0.717, 1.165) is 19.6 Å². The average Bonchev–Trinajstić information content (AvgIpc) is 2.70. The summed E-state index contributed by atoms with van der Waals surface area (Å²) in [5, 5.41) is 0. The lowest BCUT2D eigenvalue weighted by Crippen LogP contribution is -2.33. The Morgan fingerprint density at radius 2 is 2.19 bits per heavy atom. The molecule has 88 valence electrons. The van der Waals surface area contributed by atoms with Crippen molar-refractivity contribution in [3.63, 3.8) is 0 Å². The number of likely N-dealkylation sites (N-methyl/N-ethyl adjacent to an activating group) is 1. The Labute approximate surface area is 97.6 Å². The van der Waals surface area contributed by atoms with Crippen molar-refractivity contribution in [1.29, 1.82) is 0 Å². The molecule has 0 amide bonds. The fourth-order valence-corrected chi connectivity index (χ4v) is 2.22. The van der Waals surface area contributed by atoms with Crippen molar-refractivity contribution in [3.8, 4) is 0 Å². The lowest BCUT2D eigenvalue weighted by atomic mass is 10.2. The summed E-state index contributed by atoms with van der Waals surface area (Å²) in [6.45, 7) is 3.98. The molecule has 0 atom stereocenters. The van der Waals surface area contributed by atoms with Gasteiger partial charge in [0, 0.05) is 32.4 Å². The van der Waals surface area contributed by atoms with E-state index < -0.39 is 0 Å². The summed E-state index contributed by atoms with van der Waals surface area (Å²) in [6, 6.07) is 8.70. The zero-order valence-electron chi connectivity index (χ0n) is 10.1. The highest BCUT2D eigenvalue weighted by Crippen LogP contribution is 2.26. The molecule has 0 fully saturated rings. The first-order valence-corrected chi connectivity index (χ1v) is 5.81. The van der Waals surface area contributed by atoms with Crippen molar-refractivity contribution in [2.24, 2.45) is 0 Å². The molecule has 1 aromatic rings. The number of hydrogen-bond donors (Lipinski definition) is 0. The summed E-state index contributed by atoms with van der Waals surface area (Å²) in [6.07, 6.45) is 1.18. The van der Waals surface area contributed by atoms with Gasteiger partial charge in [0.1, 0.15) is 0 Å². The SMILES string of the molecule is COCN(C)CCN1CCc2ccccc21. The third-order valence-corrected chi connectivity index (χ3v) is 3.08. The molecule has 0 spiro atoms. The maximum Gasteiger partial charge on any atom is 0.0984 e. The van der Waals surface area contributed by atoms with Crippen LogP contribution >= 0.6 is 0 Å². The highest BCUT2D eigenvalue weighted by atomic mass is 16.5. The van der Waals surface area contributed by atoms with Gasteiger partial charge in [0.25, 0.3) is 0 Å². The van der Waals surface area contributed by atoms with E-state index in [9.17, 15) is 0 Å². The Kier molecular flexibility index (Phi) is 3.80. The lowest BCUT2D eigenvalue weighted by molar-refractivity contribution is 0.0837. The van der Waals surface area contributed by atoms with Gasteiger partial charge in [-0.05, 0) is 25.1 Å². The number of hydrogen-bond acceptors (Lipinski definition) is 3. The van der Waals surface area contributed by atoms with Crippen molar-refractivity contribution in [3.05, 3.63) is 29.8 Å². The summed E-state index contributed by atoms with van der Waals surface area (Å²) in [7, 11) is 3.83. The molecule has 3 nitrogen and oxygen atoms in total. The van der Waals surface area contributed by atoms with E-state index in [1.807, 2.05) is 0 Å². The first kappa shape index (κ1) is 11.4. The van der Waals surface area contributed by atoms with Gasteiger partial charge in [-0.1, -0.05) is 18.2 Å². The Hall–Kier alpha value is -1.06. The summed E-state index contributed by atoms with van der Waals surface area (Å²) >= 11 is 0. The standard InChI is InChI=1S/C13H20N2O/c1-14(11-16-2)9-10-15-8-7-12-5-3-4-6-13(12)15/h3-6H,7-11H2,1-2H3. The van der Waals surface area contributed by atoms with Gasteiger partial charge in [-0.25, -0.2) is 0 Å². The maximum absolute atomic E-state index is 5.10. The minimum atomic E-state index is 0.704. The molecule has 1 aromatic carbocycles. The predicted molar refractivity (Wildman–Crippen MR) is 66.9 cm³/mol. The average molecular weight is 220 g/mol. The molecule has 3 heteroatoms. The largest absolute Gasteiger partial charge is 0.370 e. The minimum absolute atomic E-state index is 0.704. The number of anilines is 1. The first-order chi connectivity index (χ1) is 7.81. The Morgan fingerprint density at radius 1 is 1.38 bits per heavy atom. The zero-order valence-corrected chi connectivity index (χ0v) is 10.1. The van der Waals surface area contributed by atoms with E-state index in [-0.39, 0.29) is 0 Å². The Bertz CT molecular complexity index is 340. The van der Waals surface area contributed by atoms with Gasteiger partial charge in [0.05, 0.1) is 6.73 Å². The molecule has 0 aliphatic carbocycles. The quantitative estimate of drug-likeness (QED) is 0.701. The van der Waals surface area contributed by atoms with E-state index in [1.54, 1.807) is 7.11 Å². The minimum Gasteiger partial charge on any atom is -0.370 e. The van der Waals surface area contributed by atoms with Gasteiger partial charge in [0.15, 0.2) is 0 Å². The van der Waals surface area contributed by atoms with Crippen molar-refractivity contribution >= 4 is 5.69 Å². The fraction of sp³-hybridized carbons (Fsp3) is 0.538. The van der Waals surface area contributed by atoms with Crippen LogP contribution in [0.3, 0.4) is 0 Å². The molecule has 1 aliphatic heterocycles. The van der Waals surface area contributed by atoms with E-state index >= 15 is 0 Å². The molecule has 0 saturated carbocycles. The number of para-hydroxylation sites is 1. The molecule has 1 heterocycles. The Balaban J connectivity index is 1.88. The molecule has 0 unspecified atom stereocenters. The number of rotatable bonds is 5. The van der Waals surface area contributed by atoms with Crippen LogP contribution in [0, 0.1) is 0 Å². The van der Waals surface area contributed by atoms with Gasteiger partial charge in [0.2, 0.25) is 0 Å². The number of methoxy groups -OCH3 is 1. The molecule has 0 N–H and O–H groups in total. The predicted octanol–water partition coefficient (Wildman–Crippen LogP) is 1.58. The number of fused-ring (bicyclic) bond motifs is 1. The molecule has 2 rings (SSSR count). The highest BCUT2D eigenvalue weighted by Gasteiger charge is 2.17. The van der Waals surface area contributed by atoms with Crippen LogP contribution in [-0.4, -0.2) is 45.4 Å². The van der Waals surface area contributed by atoms with Crippen LogP contribution in [0.4, 0.5) is 5.69 Å². The van der Waals surface area contributed by atoms with Crippen LogP contribution in [-0.2, 0) is 11.2 Å². The van der Waals surface area contributed by atoms with Crippen LogP contribution in [0.25, 0.3) is 0 Å². The zero-order chi connectivity index (χ0) is 11.4. The van der Waals surface area contributed by atoms with Gasteiger partial charge in [-0.3, -0.25) is 4.90 Å². The number of ether oxygens (including phenoxy) is 1. The smallest absolute Gasteiger partial charge is 0.0984 e. The van der Waals surface area contributed by atoms with Crippen molar-refractivity contribution < 1.29 is 4.74 Å². The normalized spacial score (nSPS) is 14.6. The molecular weight excluding hydrogens is 200 g/mol. The highest BCUT2D eigenvalue weighted by molar-refractivity contribution is 5.57. The third kappa shape index (κ3) is 2.54. The number of benzene rings is 1. The maximum atomic E-state index is 5.10. The molecule has 0 saturated heterocycles. The van der Waals surface area contributed by atoms with E-state index in [2.05, 4.69) is 41.1 Å². The summed E-state index contributed by atoms with van der Waals surface area (Å²) in [5.41, 5.74) is 2.89. The van der Waals surface area contributed by atoms with E-state index in [0.29, 0.717) is 6.73 Å². The topological polar surface area (TPSA) is 15.7 Å². The second-order valence-corrected chi connectivity index (χ2v) is 4.36. The van der Waals surface area contributed by atoms with Crippen molar-refractivity contribution in [2.75, 3.05) is 45.4 Å². The van der Waals surface area contributed by atoms with Crippen LogP contribution in [0.5, 0.6) is 0 Å². The second-order valence-electron chi connectivity index (χ2n) is 4.36. The molecule has 16 heavy (non-hydrogen) atoms. The second kappa shape index (κ2) is 5.32. The molecule has 1 aliphatic rings. The molecule has 0 radical (unpaired) electrons. The molecule has 0 bridgehead atoms. The van der Waals surface area contributed by atoms with Crippen LogP contribution in [0.15, 0.2) is 24.3 Å². The molecule has 0 aromatic heterocycles. The van der Waals surface area contributed by atoms with Crippen LogP contribution < -0.4 is 4.90 Å². The van der Waals surface area contributed by atoms with E-state index in [4.69, 9.17) is 4.74 Å². The number of nitrogens with zero attached hydrogens (tertiary/aromatic N) is 2. The summed E-state index contributed by atoms with van der Waals surface area (Å²) < 4.78 is 5.10. The van der Waals surface area contributed by atoms with Crippen molar-refractivity contribution in [2.45, 2.75) is 6.42 Å². The third-order valence-electron chi connectivity index (χ3n) is 3.08. The molecular formula is C13H20N2O. The van der Waals surface area contributed by atoms with Crippen molar-refractivity contribution in [1.82, 2.24) is 4.90 Å². The lowest BCUT2D eigenvalue weighted by Gasteiger charge is -2.23. The van der Waals surface area contributed by atoms with Crippen LogP contribution in [0.2, 0.25) is 0 Å². The van der Waals surface area contributed by atoms with Crippen LogP contribution in [0.1, 0.15) is 5.56 Å². The van der Waals surface area contributed by atoms with Gasteiger partial charge in [-0.15, -0.1) is 0 Å². The Morgan fingerprint density at radius 3 is 3.00 bits per heavy atom. The monoisotopic (exact) mass is 220 g/mol. The fourth-order valence-electron chi connectivity index (χ4n) is 2.22. The van der Waals surface area contributed by atoms with E-state index in [1.165, 1.54) is 17.7 Å². The summed E-state index contributed by atoms with van der Waals surface area (Å²) in [5.74, 6) is 0.